The topological polar surface area (TPSA) is 27.1 Å². The molecule has 142 valence electrons. The third-order valence-corrected chi connectivity index (χ3v) is 5.09. The minimum Gasteiger partial charge on any atom is -0.491 e. The van der Waals surface area contributed by atoms with E-state index in [9.17, 15) is 0 Å². The lowest BCUT2D eigenvalue weighted by atomic mass is 10.0. The van der Waals surface area contributed by atoms with Gasteiger partial charge in [0, 0.05) is 10.6 Å². The number of hydrogen-bond acceptors (Lipinski definition) is 2. The fourth-order valence-corrected chi connectivity index (χ4v) is 3.68. The van der Waals surface area contributed by atoms with Gasteiger partial charge in [0.25, 0.3) is 0 Å². The summed E-state index contributed by atoms with van der Waals surface area (Å²) in [6.07, 6.45) is 0. The molecule has 0 spiro atoms. The van der Waals surface area contributed by atoms with Gasteiger partial charge < -0.3 is 9.30 Å². The van der Waals surface area contributed by atoms with Gasteiger partial charge in [0.1, 0.15) is 18.2 Å². The third kappa shape index (κ3) is 3.76. The molecule has 0 aliphatic rings. The Hall–Kier alpha value is -2.78. The van der Waals surface area contributed by atoms with Crippen molar-refractivity contribution in [3.05, 3.63) is 83.4 Å². The van der Waals surface area contributed by atoms with Crippen molar-refractivity contribution < 1.29 is 4.74 Å². The predicted octanol–water partition coefficient (Wildman–Crippen LogP) is 6.56. The lowest BCUT2D eigenvalue weighted by Crippen LogP contribution is -2.10. The molecule has 28 heavy (non-hydrogen) atoms. The van der Waals surface area contributed by atoms with Crippen LogP contribution in [0.5, 0.6) is 5.75 Å². The average Bonchev–Trinajstić information content (AvgIpc) is 3.07. The molecule has 0 radical (unpaired) electrons. The van der Waals surface area contributed by atoms with Crippen LogP contribution in [-0.2, 0) is 6.54 Å². The maximum Gasteiger partial charge on any atom is 0.141 e. The highest BCUT2D eigenvalue weighted by molar-refractivity contribution is 6.30. The van der Waals surface area contributed by atoms with Crippen LogP contribution in [-0.4, -0.2) is 16.2 Å². The molecule has 0 saturated heterocycles. The molecule has 3 aromatic carbocycles. The van der Waals surface area contributed by atoms with E-state index in [1.54, 1.807) is 0 Å². The zero-order valence-electron chi connectivity index (χ0n) is 16.1. The fourth-order valence-electron chi connectivity index (χ4n) is 3.49. The molecular formula is C24H23ClN2O. The predicted molar refractivity (Wildman–Crippen MR) is 116 cm³/mol. The Morgan fingerprint density at radius 2 is 1.75 bits per heavy atom. The lowest BCUT2D eigenvalue weighted by Gasteiger charge is -2.15. The van der Waals surface area contributed by atoms with E-state index in [0.717, 1.165) is 28.2 Å². The second-order valence-corrected chi connectivity index (χ2v) is 7.56. The van der Waals surface area contributed by atoms with Gasteiger partial charge in [0.2, 0.25) is 0 Å². The van der Waals surface area contributed by atoms with Crippen molar-refractivity contribution >= 4 is 22.6 Å². The number of ether oxygens (including phenoxy) is 1. The molecule has 0 unspecified atom stereocenters. The van der Waals surface area contributed by atoms with Crippen LogP contribution in [0.2, 0.25) is 5.02 Å². The lowest BCUT2D eigenvalue weighted by molar-refractivity contribution is 0.297. The second kappa shape index (κ2) is 8.07. The number of nitrogens with zero attached hydrogens (tertiary/aromatic N) is 2. The van der Waals surface area contributed by atoms with Crippen LogP contribution in [0.15, 0.2) is 72.8 Å². The van der Waals surface area contributed by atoms with E-state index in [1.807, 2.05) is 54.6 Å². The molecule has 1 heterocycles. The van der Waals surface area contributed by atoms with E-state index in [-0.39, 0.29) is 0 Å². The van der Waals surface area contributed by atoms with Gasteiger partial charge in [-0.3, -0.25) is 0 Å². The van der Waals surface area contributed by atoms with E-state index in [1.165, 1.54) is 5.56 Å². The number of aromatic nitrogens is 2. The van der Waals surface area contributed by atoms with Gasteiger partial charge >= 0.3 is 0 Å². The zero-order valence-corrected chi connectivity index (χ0v) is 16.9. The molecule has 0 fully saturated rings. The van der Waals surface area contributed by atoms with Gasteiger partial charge in [0.05, 0.1) is 17.6 Å². The molecule has 0 atom stereocenters. The average molecular weight is 391 g/mol. The van der Waals surface area contributed by atoms with Crippen molar-refractivity contribution in [1.82, 2.24) is 9.55 Å². The van der Waals surface area contributed by atoms with Crippen LogP contribution in [0.1, 0.15) is 25.3 Å². The Kier molecular flexibility index (Phi) is 5.36. The molecule has 0 amide bonds. The molecule has 3 nitrogen and oxygen atoms in total. The normalized spacial score (nSPS) is 11.3. The molecule has 0 saturated carbocycles. The monoisotopic (exact) mass is 390 g/mol. The third-order valence-electron chi connectivity index (χ3n) is 4.85. The number of hydrogen-bond donors (Lipinski definition) is 0. The highest BCUT2D eigenvalue weighted by Crippen LogP contribution is 2.28. The molecule has 0 aliphatic heterocycles. The van der Waals surface area contributed by atoms with Crippen molar-refractivity contribution in [2.45, 2.75) is 26.3 Å². The summed E-state index contributed by atoms with van der Waals surface area (Å²) in [7, 11) is 0. The van der Waals surface area contributed by atoms with Crippen LogP contribution < -0.4 is 4.74 Å². The van der Waals surface area contributed by atoms with Crippen molar-refractivity contribution in [3.63, 3.8) is 0 Å². The smallest absolute Gasteiger partial charge is 0.141 e. The first-order valence-electron chi connectivity index (χ1n) is 9.56. The Labute approximate surface area is 170 Å². The number of para-hydroxylation sites is 3. The number of imidazole rings is 1. The number of benzene rings is 3. The van der Waals surface area contributed by atoms with Gasteiger partial charge in [-0.15, -0.1) is 0 Å². The van der Waals surface area contributed by atoms with Gasteiger partial charge in [-0.1, -0.05) is 67.9 Å². The van der Waals surface area contributed by atoms with Crippen LogP contribution in [0, 0.1) is 0 Å². The maximum atomic E-state index is 6.22. The summed E-state index contributed by atoms with van der Waals surface area (Å²) in [6.45, 7) is 5.64. The van der Waals surface area contributed by atoms with Crippen LogP contribution >= 0.6 is 11.6 Å². The summed E-state index contributed by atoms with van der Waals surface area (Å²) in [5.74, 6) is 2.28. The Morgan fingerprint density at radius 3 is 2.57 bits per heavy atom. The second-order valence-electron chi connectivity index (χ2n) is 7.13. The summed E-state index contributed by atoms with van der Waals surface area (Å²) >= 11 is 6.22. The standard InChI is InChI=1S/C24H23ClN2O/c1-17(2)20-10-3-6-13-23(20)28-15-14-27-22-12-5-4-11-21(22)26-24(27)18-8-7-9-19(25)16-18/h3-13,16-17H,14-15H2,1-2H3. The maximum absolute atomic E-state index is 6.22. The van der Waals surface area contributed by atoms with E-state index >= 15 is 0 Å². The fraction of sp³-hybridized carbons (Fsp3) is 0.208. The summed E-state index contributed by atoms with van der Waals surface area (Å²) in [6, 6.07) is 24.3. The number of halogens is 1. The largest absolute Gasteiger partial charge is 0.491 e. The molecule has 0 bridgehead atoms. The molecular weight excluding hydrogens is 368 g/mol. The van der Waals surface area contributed by atoms with Gasteiger partial charge in [-0.25, -0.2) is 4.98 Å². The molecule has 0 aliphatic carbocycles. The van der Waals surface area contributed by atoms with Crippen molar-refractivity contribution in [2.24, 2.45) is 0 Å². The van der Waals surface area contributed by atoms with Crippen molar-refractivity contribution in [2.75, 3.05) is 6.61 Å². The van der Waals surface area contributed by atoms with Crippen molar-refractivity contribution in [1.29, 1.82) is 0 Å². The Morgan fingerprint density at radius 1 is 0.964 bits per heavy atom. The SMILES string of the molecule is CC(C)c1ccccc1OCCn1c(-c2cccc(Cl)c2)nc2ccccc21. The summed E-state index contributed by atoms with van der Waals surface area (Å²) in [4.78, 5) is 4.84. The van der Waals surface area contributed by atoms with E-state index in [4.69, 9.17) is 21.3 Å². The Bertz CT molecular complexity index is 1100. The molecule has 4 heteroatoms. The zero-order chi connectivity index (χ0) is 19.5. The van der Waals surface area contributed by atoms with Crippen LogP contribution in [0.25, 0.3) is 22.4 Å². The van der Waals surface area contributed by atoms with Crippen LogP contribution in [0.4, 0.5) is 0 Å². The first-order valence-corrected chi connectivity index (χ1v) is 9.94. The quantitative estimate of drug-likeness (QED) is 0.372. The van der Waals surface area contributed by atoms with E-state index in [0.29, 0.717) is 24.1 Å². The van der Waals surface area contributed by atoms with Crippen LogP contribution in [0.3, 0.4) is 0 Å². The van der Waals surface area contributed by atoms with E-state index < -0.39 is 0 Å². The van der Waals surface area contributed by atoms with E-state index in [2.05, 4.69) is 36.6 Å². The minimum absolute atomic E-state index is 0.423. The van der Waals surface area contributed by atoms with Gasteiger partial charge in [-0.2, -0.15) is 0 Å². The molecule has 0 N–H and O–H groups in total. The summed E-state index contributed by atoms with van der Waals surface area (Å²) in [5.41, 5.74) is 4.30. The highest BCUT2D eigenvalue weighted by atomic mass is 35.5. The highest BCUT2D eigenvalue weighted by Gasteiger charge is 2.13. The Balaban J connectivity index is 1.64. The number of rotatable bonds is 6. The molecule has 4 aromatic rings. The first kappa shape index (κ1) is 18.6. The number of fused-ring (bicyclic) bond motifs is 1. The summed E-state index contributed by atoms with van der Waals surface area (Å²) < 4.78 is 8.37. The van der Waals surface area contributed by atoms with Gasteiger partial charge in [0.15, 0.2) is 0 Å². The summed E-state index contributed by atoms with van der Waals surface area (Å²) in [5, 5.41) is 0.707. The molecule has 1 aromatic heterocycles. The van der Waals surface area contributed by atoms with Crippen molar-refractivity contribution in [3.8, 4) is 17.1 Å². The first-order chi connectivity index (χ1) is 13.6. The minimum atomic E-state index is 0.423. The molecule has 4 rings (SSSR count). The van der Waals surface area contributed by atoms with Gasteiger partial charge in [-0.05, 0) is 41.8 Å².